The zero-order chi connectivity index (χ0) is 15.2. The number of rotatable bonds is 3. The molecule has 2 aromatic heterocycles. The summed E-state index contributed by atoms with van der Waals surface area (Å²) in [7, 11) is 0. The molecule has 0 bridgehead atoms. The van der Waals surface area contributed by atoms with Gasteiger partial charge in [0.25, 0.3) is 0 Å². The summed E-state index contributed by atoms with van der Waals surface area (Å²) in [6.45, 7) is 2.02. The van der Waals surface area contributed by atoms with Crippen molar-refractivity contribution in [3.63, 3.8) is 0 Å². The number of hydrogen-bond acceptors (Lipinski definition) is 2. The van der Waals surface area contributed by atoms with Gasteiger partial charge in [0.1, 0.15) is 5.65 Å². The lowest BCUT2D eigenvalue weighted by Crippen LogP contribution is -2.04. The first-order valence-electron chi connectivity index (χ1n) is 7.43. The normalized spacial score (nSPS) is 16.5. The fraction of sp³-hybridized carbons (Fsp3) is 0.222. The fourth-order valence-electron chi connectivity index (χ4n) is 2.84. The Labute approximate surface area is 134 Å². The van der Waals surface area contributed by atoms with Crippen LogP contribution in [-0.4, -0.2) is 15.6 Å². The first-order valence-corrected chi connectivity index (χ1v) is 7.81. The van der Waals surface area contributed by atoms with Crippen molar-refractivity contribution < 1.29 is 0 Å². The molecular formula is C18H16ClN3. The molecule has 22 heavy (non-hydrogen) atoms. The average molecular weight is 310 g/mol. The molecular weight excluding hydrogens is 294 g/mol. The number of pyridine rings is 1. The van der Waals surface area contributed by atoms with Crippen molar-refractivity contribution >= 4 is 23.5 Å². The van der Waals surface area contributed by atoms with Crippen molar-refractivity contribution in [1.29, 1.82) is 0 Å². The summed E-state index contributed by atoms with van der Waals surface area (Å²) in [5, 5.41) is 0.765. The van der Waals surface area contributed by atoms with Crippen LogP contribution in [0.5, 0.6) is 0 Å². The Hall–Kier alpha value is -2.13. The minimum absolute atomic E-state index is 0.0734. The Kier molecular flexibility index (Phi) is 3.05. The summed E-state index contributed by atoms with van der Waals surface area (Å²) in [4.78, 5) is 9.46. The topological polar surface area (TPSA) is 29.7 Å². The maximum atomic E-state index is 5.98. The Morgan fingerprint density at radius 3 is 2.68 bits per heavy atom. The van der Waals surface area contributed by atoms with E-state index in [0.717, 1.165) is 34.9 Å². The van der Waals surface area contributed by atoms with Crippen molar-refractivity contribution in [2.24, 2.45) is 4.99 Å². The molecule has 0 atom stereocenters. The number of aryl methyl sites for hydroxylation is 1. The van der Waals surface area contributed by atoms with Crippen LogP contribution in [0.4, 0.5) is 0 Å². The summed E-state index contributed by atoms with van der Waals surface area (Å²) >= 11 is 5.98. The summed E-state index contributed by atoms with van der Waals surface area (Å²) in [5.74, 6) is 0. The quantitative estimate of drug-likeness (QED) is 0.659. The molecule has 4 heteroatoms. The summed E-state index contributed by atoms with van der Waals surface area (Å²) < 4.78 is 2.08. The third kappa shape index (κ3) is 2.22. The van der Waals surface area contributed by atoms with Gasteiger partial charge in [0.2, 0.25) is 0 Å². The number of aliphatic imine (C=N–C) groups is 1. The van der Waals surface area contributed by atoms with E-state index in [-0.39, 0.29) is 5.54 Å². The lowest BCUT2D eigenvalue weighted by atomic mass is 10.1. The van der Waals surface area contributed by atoms with Gasteiger partial charge < -0.3 is 0 Å². The minimum Gasteiger partial charge on any atom is -0.298 e. The fourth-order valence-corrected chi connectivity index (χ4v) is 2.97. The van der Waals surface area contributed by atoms with Crippen molar-refractivity contribution in [2.45, 2.75) is 25.3 Å². The van der Waals surface area contributed by atoms with Crippen LogP contribution in [0.15, 0.2) is 53.7 Å². The Balaban J connectivity index is 1.71. The molecule has 1 aromatic carbocycles. The number of halogens is 1. The Bertz CT molecular complexity index is 858. The van der Waals surface area contributed by atoms with E-state index in [4.69, 9.17) is 16.6 Å². The molecule has 0 spiro atoms. The van der Waals surface area contributed by atoms with Crippen molar-refractivity contribution in [2.75, 3.05) is 0 Å². The van der Waals surface area contributed by atoms with Crippen molar-refractivity contribution in [3.8, 4) is 0 Å². The van der Waals surface area contributed by atoms with Crippen molar-refractivity contribution in [3.05, 3.63) is 70.6 Å². The zero-order valence-electron chi connectivity index (χ0n) is 12.3. The molecule has 0 aliphatic heterocycles. The van der Waals surface area contributed by atoms with Crippen LogP contribution in [0.3, 0.4) is 0 Å². The second-order valence-corrected chi connectivity index (χ2v) is 6.24. The number of hydrogen-bond donors (Lipinski definition) is 0. The molecule has 2 heterocycles. The molecule has 3 aromatic rings. The number of fused-ring (bicyclic) bond motifs is 1. The molecule has 0 radical (unpaired) electrons. The van der Waals surface area contributed by atoms with Gasteiger partial charge >= 0.3 is 0 Å². The lowest BCUT2D eigenvalue weighted by Gasteiger charge is -2.10. The van der Waals surface area contributed by atoms with Crippen molar-refractivity contribution in [1.82, 2.24) is 9.38 Å². The van der Waals surface area contributed by atoms with Gasteiger partial charge in [-0.1, -0.05) is 29.8 Å². The molecule has 4 rings (SSSR count). The van der Waals surface area contributed by atoms with E-state index < -0.39 is 0 Å². The van der Waals surface area contributed by atoms with E-state index in [1.807, 2.05) is 49.7 Å². The summed E-state index contributed by atoms with van der Waals surface area (Å²) in [6.07, 6.45) is 6.16. The predicted octanol–water partition coefficient (Wildman–Crippen LogP) is 4.40. The van der Waals surface area contributed by atoms with Crippen LogP contribution in [-0.2, 0) is 5.54 Å². The zero-order valence-corrected chi connectivity index (χ0v) is 13.1. The molecule has 1 aliphatic rings. The maximum absolute atomic E-state index is 5.98. The lowest BCUT2D eigenvalue weighted by molar-refractivity contribution is 0.747. The summed E-state index contributed by atoms with van der Waals surface area (Å²) in [6, 6.07) is 14.0. The minimum atomic E-state index is -0.0734. The standard InChI is InChI=1S/C18H16ClN3/c1-13-16(22-11-3-2-4-17(22)21-13)12-20-18(9-10-18)14-5-7-15(19)8-6-14/h2-8,11-12H,9-10H2,1H3. The van der Waals surface area contributed by atoms with Crippen LogP contribution < -0.4 is 0 Å². The number of nitrogens with zero attached hydrogens (tertiary/aromatic N) is 3. The van der Waals surface area contributed by atoms with Gasteiger partial charge in [0, 0.05) is 17.4 Å². The molecule has 3 nitrogen and oxygen atoms in total. The SMILES string of the molecule is Cc1nc2ccccn2c1C=NC1(c2ccc(Cl)cc2)CC1. The highest BCUT2D eigenvalue weighted by atomic mass is 35.5. The Morgan fingerprint density at radius 2 is 1.95 bits per heavy atom. The van der Waals surface area contributed by atoms with Crippen LogP contribution in [0.2, 0.25) is 5.02 Å². The van der Waals surface area contributed by atoms with Crippen LogP contribution in [0.25, 0.3) is 5.65 Å². The second kappa shape index (κ2) is 4.96. The number of aromatic nitrogens is 2. The van der Waals surface area contributed by atoms with E-state index in [0.29, 0.717) is 0 Å². The molecule has 0 amide bonds. The first-order chi connectivity index (χ1) is 10.7. The van der Waals surface area contributed by atoms with Crippen LogP contribution >= 0.6 is 11.6 Å². The van der Waals surface area contributed by atoms with E-state index >= 15 is 0 Å². The monoisotopic (exact) mass is 309 g/mol. The highest BCUT2D eigenvalue weighted by Crippen LogP contribution is 2.49. The van der Waals surface area contributed by atoms with E-state index in [1.54, 1.807) is 0 Å². The number of benzene rings is 1. The van der Waals surface area contributed by atoms with Gasteiger partial charge in [-0.25, -0.2) is 4.98 Å². The third-order valence-electron chi connectivity index (χ3n) is 4.29. The van der Waals surface area contributed by atoms with E-state index in [1.165, 1.54) is 5.56 Å². The molecule has 0 unspecified atom stereocenters. The van der Waals surface area contributed by atoms with Gasteiger partial charge in [-0.15, -0.1) is 0 Å². The predicted molar refractivity (Wildman–Crippen MR) is 89.9 cm³/mol. The smallest absolute Gasteiger partial charge is 0.137 e. The summed E-state index contributed by atoms with van der Waals surface area (Å²) in [5.41, 5.74) is 4.17. The molecule has 1 saturated carbocycles. The highest BCUT2D eigenvalue weighted by Gasteiger charge is 2.43. The highest BCUT2D eigenvalue weighted by molar-refractivity contribution is 6.30. The molecule has 110 valence electrons. The third-order valence-corrected chi connectivity index (χ3v) is 4.54. The van der Waals surface area contributed by atoms with Gasteiger partial charge in [0.05, 0.1) is 16.9 Å². The van der Waals surface area contributed by atoms with E-state index in [2.05, 4.69) is 21.5 Å². The van der Waals surface area contributed by atoms with Crippen LogP contribution in [0, 0.1) is 6.92 Å². The average Bonchev–Trinajstić information content (AvgIpc) is 3.24. The number of imidazole rings is 1. The molecule has 0 saturated heterocycles. The van der Waals surface area contributed by atoms with Gasteiger partial charge in [0.15, 0.2) is 0 Å². The van der Waals surface area contributed by atoms with Gasteiger partial charge in [-0.3, -0.25) is 9.39 Å². The largest absolute Gasteiger partial charge is 0.298 e. The van der Waals surface area contributed by atoms with E-state index in [9.17, 15) is 0 Å². The van der Waals surface area contributed by atoms with Gasteiger partial charge in [-0.05, 0) is 49.6 Å². The Morgan fingerprint density at radius 1 is 1.18 bits per heavy atom. The van der Waals surface area contributed by atoms with Gasteiger partial charge in [-0.2, -0.15) is 0 Å². The molecule has 0 N–H and O–H groups in total. The second-order valence-electron chi connectivity index (χ2n) is 5.81. The molecule has 1 fully saturated rings. The first kappa shape index (κ1) is 13.5. The molecule has 1 aliphatic carbocycles. The maximum Gasteiger partial charge on any atom is 0.137 e. The van der Waals surface area contributed by atoms with Crippen LogP contribution in [0.1, 0.15) is 29.8 Å².